The van der Waals surface area contributed by atoms with Crippen LogP contribution in [0.3, 0.4) is 0 Å². The molecular weight excluding hydrogens is 432 g/mol. The maximum atomic E-state index is 13.3. The molecule has 0 atom stereocenters. The highest BCUT2D eigenvalue weighted by molar-refractivity contribution is 7.99. The lowest BCUT2D eigenvalue weighted by molar-refractivity contribution is -0.118. The van der Waals surface area contributed by atoms with Crippen molar-refractivity contribution in [3.05, 3.63) is 93.5 Å². The van der Waals surface area contributed by atoms with E-state index in [1.165, 1.54) is 11.8 Å². The number of para-hydroxylation sites is 1. The Bertz CT molecular complexity index is 1310. The Morgan fingerprint density at radius 2 is 1.94 bits per heavy atom. The summed E-state index contributed by atoms with van der Waals surface area (Å²) < 4.78 is 1.56. The average molecular weight is 451 g/mol. The van der Waals surface area contributed by atoms with E-state index in [0.29, 0.717) is 27.6 Å². The third kappa shape index (κ3) is 4.78. The Hall–Kier alpha value is -3.16. The molecule has 0 aliphatic heterocycles. The highest BCUT2D eigenvalue weighted by Crippen LogP contribution is 2.24. The number of nitrogens with zero attached hydrogens (tertiary/aromatic N) is 3. The summed E-state index contributed by atoms with van der Waals surface area (Å²) in [5.41, 5.74) is 2.73. The van der Waals surface area contributed by atoms with Gasteiger partial charge in [-0.25, -0.2) is 4.98 Å². The lowest BCUT2D eigenvalue weighted by atomic mass is 10.2. The Balaban J connectivity index is 1.65. The monoisotopic (exact) mass is 450 g/mol. The summed E-state index contributed by atoms with van der Waals surface area (Å²) >= 11 is 7.31. The number of carbonyl (C=O) groups excluding carboxylic acids is 1. The third-order valence-electron chi connectivity index (χ3n) is 4.68. The zero-order valence-corrected chi connectivity index (χ0v) is 18.3. The van der Waals surface area contributed by atoms with Crippen LogP contribution in [0.25, 0.3) is 16.6 Å². The SMILES string of the molecule is Cc1ccccc1-n1c(SCC(=O)NCc2ccccn2)nc2cc(Cl)ccc2c1=O. The summed E-state index contributed by atoms with van der Waals surface area (Å²) in [6.45, 7) is 2.27. The molecule has 156 valence electrons. The summed E-state index contributed by atoms with van der Waals surface area (Å²) in [7, 11) is 0. The van der Waals surface area contributed by atoms with Gasteiger partial charge in [0.2, 0.25) is 5.91 Å². The van der Waals surface area contributed by atoms with E-state index in [2.05, 4.69) is 15.3 Å². The van der Waals surface area contributed by atoms with E-state index in [0.717, 1.165) is 16.9 Å². The number of pyridine rings is 1. The van der Waals surface area contributed by atoms with Crippen LogP contribution >= 0.6 is 23.4 Å². The van der Waals surface area contributed by atoms with E-state index < -0.39 is 0 Å². The summed E-state index contributed by atoms with van der Waals surface area (Å²) in [6.07, 6.45) is 1.68. The molecule has 0 spiro atoms. The number of amides is 1. The van der Waals surface area contributed by atoms with Crippen molar-refractivity contribution in [1.82, 2.24) is 19.9 Å². The first-order chi connectivity index (χ1) is 15.0. The minimum Gasteiger partial charge on any atom is -0.350 e. The molecule has 6 nitrogen and oxygen atoms in total. The fraction of sp³-hybridized carbons (Fsp3) is 0.130. The number of nitrogens with one attached hydrogen (secondary N) is 1. The molecule has 2 heterocycles. The number of hydrogen-bond donors (Lipinski definition) is 1. The Morgan fingerprint density at radius 1 is 1.13 bits per heavy atom. The predicted molar refractivity (Wildman–Crippen MR) is 124 cm³/mol. The van der Waals surface area contributed by atoms with Crippen LogP contribution in [0.5, 0.6) is 0 Å². The normalized spacial score (nSPS) is 10.9. The van der Waals surface area contributed by atoms with Gasteiger partial charge in [0.25, 0.3) is 5.56 Å². The van der Waals surface area contributed by atoms with Crippen LogP contribution in [-0.4, -0.2) is 26.2 Å². The minimum atomic E-state index is -0.202. The number of aromatic nitrogens is 3. The standard InChI is InChI=1S/C23H19ClN4O2S/c1-15-6-2-3-8-20(15)28-22(30)18-10-9-16(24)12-19(18)27-23(28)31-14-21(29)26-13-17-7-4-5-11-25-17/h2-12H,13-14H2,1H3,(H,26,29). The van der Waals surface area contributed by atoms with E-state index in [-0.39, 0.29) is 17.2 Å². The van der Waals surface area contributed by atoms with Crippen LogP contribution in [0.15, 0.2) is 76.8 Å². The number of carbonyl (C=O) groups is 1. The lowest BCUT2D eigenvalue weighted by Gasteiger charge is -2.15. The summed E-state index contributed by atoms with van der Waals surface area (Å²) in [5, 5.41) is 4.24. The Morgan fingerprint density at radius 3 is 2.71 bits per heavy atom. The number of hydrogen-bond acceptors (Lipinski definition) is 5. The number of aryl methyl sites for hydroxylation is 1. The first-order valence-corrected chi connectivity index (χ1v) is 11.0. The third-order valence-corrected chi connectivity index (χ3v) is 5.86. The second kappa shape index (κ2) is 9.32. The molecule has 1 N–H and O–H groups in total. The number of thioether (sulfide) groups is 1. The molecule has 1 amide bonds. The molecule has 31 heavy (non-hydrogen) atoms. The van der Waals surface area contributed by atoms with Gasteiger partial charge in [0, 0.05) is 11.2 Å². The Labute approximate surface area is 188 Å². The molecule has 0 saturated heterocycles. The maximum absolute atomic E-state index is 13.3. The van der Waals surface area contributed by atoms with E-state index >= 15 is 0 Å². The number of halogens is 1. The fourth-order valence-corrected chi connectivity index (χ4v) is 4.14. The predicted octanol–water partition coefficient (Wildman–Crippen LogP) is 4.15. The minimum absolute atomic E-state index is 0.108. The van der Waals surface area contributed by atoms with Crippen molar-refractivity contribution in [1.29, 1.82) is 0 Å². The van der Waals surface area contributed by atoms with E-state index in [1.54, 1.807) is 29.0 Å². The van der Waals surface area contributed by atoms with Gasteiger partial charge < -0.3 is 5.32 Å². The van der Waals surface area contributed by atoms with E-state index in [9.17, 15) is 9.59 Å². The van der Waals surface area contributed by atoms with Gasteiger partial charge in [-0.3, -0.25) is 19.1 Å². The summed E-state index contributed by atoms with van der Waals surface area (Å²) in [5.74, 6) is -0.0653. The molecule has 0 saturated carbocycles. The summed E-state index contributed by atoms with van der Waals surface area (Å²) in [6, 6.07) is 18.1. The molecule has 2 aromatic heterocycles. The molecule has 0 bridgehead atoms. The van der Waals surface area contributed by atoms with E-state index in [1.807, 2.05) is 49.4 Å². The molecule has 0 radical (unpaired) electrons. The smallest absolute Gasteiger partial charge is 0.266 e. The van der Waals surface area contributed by atoms with Crippen LogP contribution in [0, 0.1) is 6.92 Å². The van der Waals surface area contributed by atoms with Crippen LogP contribution in [0.2, 0.25) is 5.02 Å². The molecule has 4 rings (SSSR count). The summed E-state index contributed by atoms with van der Waals surface area (Å²) in [4.78, 5) is 34.6. The molecular formula is C23H19ClN4O2S. The quantitative estimate of drug-likeness (QED) is 0.352. The van der Waals surface area contributed by atoms with E-state index in [4.69, 9.17) is 11.6 Å². The van der Waals surface area contributed by atoms with Crippen molar-refractivity contribution in [3.8, 4) is 5.69 Å². The van der Waals surface area contributed by atoms with Crippen molar-refractivity contribution in [2.75, 3.05) is 5.75 Å². The number of rotatable bonds is 6. The van der Waals surface area contributed by atoms with Gasteiger partial charge in [0.15, 0.2) is 5.16 Å². The highest BCUT2D eigenvalue weighted by Gasteiger charge is 2.16. The highest BCUT2D eigenvalue weighted by atomic mass is 35.5. The Kier molecular flexibility index (Phi) is 6.34. The van der Waals surface area contributed by atoms with Crippen molar-refractivity contribution in [2.45, 2.75) is 18.6 Å². The van der Waals surface area contributed by atoms with Gasteiger partial charge in [0.1, 0.15) is 0 Å². The largest absolute Gasteiger partial charge is 0.350 e. The lowest BCUT2D eigenvalue weighted by Crippen LogP contribution is -2.26. The zero-order chi connectivity index (χ0) is 21.8. The second-order valence-electron chi connectivity index (χ2n) is 6.87. The van der Waals surface area contributed by atoms with Crippen LogP contribution in [0.4, 0.5) is 0 Å². The van der Waals surface area contributed by atoms with Gasteiger partial charge in [-0.2, -0.15) is 0 Å². The zero-order valence-electron chi connectivity index (χ0n) is 16.7. The topological polar surface area (TPSA) is 76.9 Å². The van der Waals surface area contributed by atoms with Crippen LogP contribution < -0.4 is 10.9 Å². The molecule has 0 unspecified atom stereocenters. The van der Waals surface area contributed by atoms with Crippen molar-refractivity contribution < 1.29 is 4.79 Å². The number of fused-ring (bicyclic) bond motifs is 1. The molecule has 0 fully saturated rings. The molecule has 0 aliphatic rings. The van der Waals surface area contributed by atoms with Crippen molar-refractivity contribution >= 4 is 40.2 Å². The first-order valence-electron chi connectivity index (χ1n) is 9.60. The van der Waals surface area contributed by atoms with Gasteiger partial charge in [-0.15, -0.1) is 0 Å². The molecule has 8 heteroatoms. The molecule has 4 aromatic rings. The number of benzene rings is 2. The van der Waals surface area contributed by atoms with Crippen LogP contribution in [-0.2, 0) is 11.3 Å². The average Bonchev–Trinajstić information content (AvgIpc) is 2.77. The fourth-order valence-electron chi connectivity index (χ4n) is 3.14. The van der Waals surface area contributed by atoms with Gasteiger partial charge >= 0.3 is 0 Å². The van der Waals surface area contributed by atoms with Gasteiger partial charge in [-0.05, 0) is 48.9 Å². The first kappa shape index (κ1) is 21.1. The van der Waals surface area contributed by atoms with Crippen molar-refractivity contribution in [3.63, 3.8) is 0 Å². The van der Waals surface area contributed by atoms with Crippen LogP contribution in [0.1, 0.15) is 11.3 Å². The molecule has 0 aliphatic carbocycles. The molecule has 2 aromatic carbocycles. The van der Waals surface area contributed by atoms with Gasteiger partial charge in [-0.1, -0.05) is 47.6 Å². The van der Waals surface area contributed by atoms with Crippen molar-refractivity contribution in [2.24, 2.45) is 0 Å². The second-order valence-corrected chi connectivity index (χ2v) is 8.25. The maximum Gasteiger partial charge on any atom is 0.266 e. The van der Waals surface area contributed by atoms with Gasteiger partial charge in [0.05, 0.1) is 34.6 Å².